The van der Waals surface area contributed by atoms with Crippen molar-refractivity contribution < 1.29 is 4.79 Å². The number of nitrogens with one attached hydrogen (secondary N) is 1. The molecule has 2 aliphatic rings. The van der Waals surface area contributed by atoms with Gasteiger partial charge in [-0.05, 0) is 12.0 Å². The number of guanidine groups is 1. The quantitative estimate of drug-likeness (QED) is 0.809. The summed E-state index contributed by atoms with van der Waals surface area (Å²) in [5.41, 5.74) is 1.34. The van der Waals surface area contributed by atoms with Gasteiger partial charge in [0, 0.05) is 19.0 Å². The Morgan fingerprint density at radius 1 is 1.35 bits per heavy atom. The van der Waals surface area contributed by atoms with E-state index in [2.05, 4.69) is 34.6 Å². The number of carbonyl (C=O) groups is 1. The molecule has 1 unspecified atom stereocenters. The van der Waals surface area contributed by atoms with E-state index in [1.54, 1.807) is 0 Å². The van der Waals surface area contributed by atoms with E-state index in [4.69, 9.17) is 0 Å². The molecule has 1 amide bonds. The first kappa shape index (κ1) is 10.3. The molecule has 1 N–H and O–H groups in total. The van der Waals surface area contributed by atoms with Crippen LogP contribution in [0.4, 0.5) is 0 Å². The second kappa shape index (κ2) is 4.20. The van der Waals surface area contributed by atoms with Crippen LogP contribution in [0.25, 0.3) is 0 Å². The Bertz CT molecular complexity index is 455. The van der Waals surface area contributed by atoms with Gasteiger partial charge in [0.05, 0.1) is 0 Å². The molecule has 2 aliphatic heterocycles. The van der Waals surface area contributed by atoms with Crippen molar-refractivity contribution in [3.05, 3.63) is 35.9 Å². The third-order valence-corrected chi connectivity index (χ3v) is 3.23. The van der Waals surface area contributed by atoms with Gasteiger partial charge >= 0.3 is 0 Å². The van der Waals surface area contributed by atoms with Crippen LogP contribution in [-0.4, -0.2) is 36.4 Å². The molecule has 1 atom stereocenters. The fourth-order valence-corrected chi connectivity index (χ4v) is 2.44. The topological polar surface area (TPSA) is 44.7 Å². The Kier molecular flexibility index (Phi) is 2.55. The number of rotatable bonds is 2. The molecule has 0 spiro atoms. The first-order valence-electron chi connectivity index (χ1n) is 5.94. The molecule has 4 nitrogen and oxygen atoms in total. The number of benzene rings is 1. The minimum Gasteiger partial charge on any atom is -0.333 e. The van der Waals surface area contributed by atoms with Gasteiger partial charge in [-0.25, -0.2) is 0 Å². The predicted octanol–water partition coefficient (Wildman–Crippen LogP) is 0.647. The first-order valence-corrected chi connectivity index (χ1v) is 5.94. The maximum Gasteiger partial charge on any atom is 0.246 e. The van der Waals surface area contributed by atoms with Gasteiger partial charge in [0.1, 0.15) is 6.54 Å². The van der Waals surface area contributed by atoms with Gasteiger partial charge in [0.25, 0.3) is 0 Å². The predicted molar refractivity (Wildman–Crippen MR) is 65.7 cm³/mol. The molecule has 3 rings (SSSR count). The minimum atomic E-state index is 0.0594. The second-order valence-electron chi connectivity index (χ2n) is 4.65. The summed E-state index contributed by atoms with van der Waals surface area (Å²) in [7, 11) is 0. The molecule has 4 heteroatoms. The number of fused-ring (bicyclic) bond motifs is 1. The highest BCUT2D eigenvalue weighted by Gasteiger charge is 2.30. The molecule has 0 saturated carbocycles. The molecule has 1 aromatic carbocycles. The monoisotopic (exact) mass is 229 g/mol. The Labute approximate surface area is 100 Å². The molecular weight excluding hydrogens is 214 g/mol. The largest absolute Gasteiger partial charge is 0.333 e. The summed E-state index contributed by atoms with van der Waals surface area (Å²) in [6.45, 7) is 2.19. The molecule has 17 heavy (non-hydrogen) atoms. The summed E-state index contributed by atoms with van der Waals surface area (Å²) in [6, 6.07) is 10.4. The maximum atomic E-state index is 11.2. The van der Waals surface area contributed by atoms with Crippen LogP contribution in [0.15, 0.2) is 35.3 Å². The van der Waals surface area contributed by atoms with Crippen molar-refractivity contribution in [2.75, 3.05) is 19.6 Å². The smallest absolute Gasteiger partial charge is 0.246 e. The van der Waals surface area contributed by atoms with Gasteiger partial charge in [0.15, 0.2) is 0 Å². The zero-order chi connectivity index (χ0) is 11.7. The summed E-state index contributed by atoms with van der Waals surface area (Å²) in [6.07, 6.45) is 1.03. The Morgan fingerprint density at radius 3 is 3.00 bits per heavy atom. The fraction of sp³-hybridized carbons (Fsp3) is 0.385. The molecule has 1 fully saturated rings. The highest BCUT2D eigenvalue weighted by Crippen LogP contribution is 2.16. The number of nitrogens with zero attached hydrogens (tertiary/aromatic N) is 2. The third kappa shape index (κ3) is 2.16. The zero-order valence-electron chi connectivity index (χ0n) is 9.60. The van der Waals surface area contributed by atoms with Gasteiger partial charge in [-0.15, -0.1) is 0 Å². The minimum absolute atomic E-state index is 0.0594. The normalized spacial score (nSPS) is 23.1. The zero-order valence-corrected chi connectivity index (χ0v) is 9.60. The average molecular weight is 229 g/mol. The van der Waals surface area contributed by atoms with Crippen molar-refractivity contribution in [2.24, 2.45) is 10.9 Å². The molecule has 0 radical (unpaired) electrons. The number of amides is 1. The van der Waals surface area contributed by atoms with E-state index in [9.17, 15) is 4.79 Å². The molecule has 2 heterocycles. The molecule has 0 bridgehead atoms. The van der Waals surface area contributed by atoms with Crippen molar-refractivity contribution >= 4 is 11.9 Å². The van der Waals surface area contributed by atoms with E-state index in [0.29, 0.717) is 12.5 Å². The van der Waals surface area contributed by atoms with Crippen LogP contribution in [0.2, 0.25) is 0 Å². The molecule has 1 aromatic rings. The standard InChI is InChI=1S/C13H15N3O/c17-12-9-16-8-11(7-14-13(16)15-12)6-10-4-2-1-3-5-10/h1-5,11H,6-9H2,(H,14,15,17). The van der Waals surface area contributed by atoms with E-state index in [0.717, 1.165) is 25.5 Å². The highest BCUT2D eigenvalue weighted by molar-refractivity contribution is 6.04. The van der Waals surface area contributed by atoms with Crippen LogP contribution in [0, 0.1) is 5.92 Å². The number of carbonyl (C=O) groups excluding carboxylic acids is 1. The van der Waals surface area contributed by atoms with Gasteiger partial charge in [-0.3, -0.25) is 15.1 Å². The van der Waals surface area contributed by atoms with Crippen LogP contribution in [0.1, 0.15) is 5.56 Å². The van der Waals surface area contributed by atoms with E-state index < -0.39 is 0 Å². The van der Waals surface area contributed by atoms with Crippen molar-refractivity contribution in [3.63, 3.8) is 0 Å². The first-order chi connectivity index (χ1) is 8.31. The van der Waals surface area contributed by atoms with E-state index in [1.165, 1.54) is 5.56 Å². The Balaban J connectivity index is 1.67. The summed E-state index contributed by atoms with van der Waals surface area (Å²) >= 11 is 0. The van der Waals surface area contributed by atoms with Crippen LogP contribution >= 0.6 is 0 Å². The third-order valence-electron chi connectivity index (χ3n) is 3.23. The molecule has 88 valence electrons. The number of aliphatic imine (C=N–C) groups is 1. The van der Waals surface area contributed by atoms with Crippen LogP contribution in [-0.2, 0) is 11.2 Å². The average Bonchev–Trinajstić information content (AvgIpc) is 2.70. The summed E-state index contributed by atoms with van der Waals surface area (Å²) < 4.78 is 0. The van der Waals surface area contributed by atoms with Crippen molar-refractivity contribution in [2.45, 2.75) is 6.42 Å². The van der Waals surface area contributed by atoms with E-state index in [-0.39, 0.29) is 5.91 Å². The second-order valence-corrected chi connectivity index (χ2v) is 4.65. The van der Waals surface area contributed by atoms with Crippen molar-refractivity contribution in [1.82, 2.24) is 10.2 Å². The van der Waals surface area contributed by atoms with Crippen molar-refractivity contribution in [1.29, 1.82) is 0 Å². The summed E-state index contributed by atoms with van der Waals surface area (Å²) in [5, 5.41) is 2.78. The summed E-state index contributed by atoms with van der Waals surface area (Å²) in [5.74, 6) is 1.33. The number of hydrogen-bond donors (Lipinski definition) is 1. The Hall–Kier alpha value is -1.84. The molecule has 0 aromatic heterocycles. The molecule has 1 saturated heterocycles. The van der Waals surface area contributed by atoms with E-state index >= 15 is 0 Å². The lowest BCUT2D eigenvalue weighted by Crippen LogP contribution is -2.40. The molecule has 0 aliphatic carbocycles. The SMILES string of the molecule is O=C1CN2CC(Cc3ccccc3)CN=C2N1. The van der Waals surface area contributed by atoms with Crippen LogP contribution in [0.3, 0.4) is 0 Å². The van der Waals surface area contributed by atoms with Crippen molar-refractivity contribution in [3.8, 4) is 0 Å². The number of hydrogen-bond acceptors (Lipinski definition) is 3. The highest BCUT2D eigenvalue weighted by atomic mass is 16.2. The lowest BCUT2D eigenvalue weighted by atomic mass is 9.98. The van der Waals surface area contributed by atoms with E-state index in [1.807, 2.05) is 11.0 Å². The lowest BCUT2D eigenvalue weighted by molar-refractivity contribution is -0.118. The lowest BCUT2D eigenvalue weighted by Gasteiger charge is -2.27. The van der Waals surface area contributed by atoms with Gasteiger partial charge < -0.3 is 4.90 Å². The van der Waals surface area contributed by atoms with Gasteiger partial charge in [0.2, 0.25) is 11.9 Å². The van der Waals surface area contributed by atoms with Gasteiger partial charge in [-0.2, -0.15) is 0 Å². The fourth-order valence-electron chi connectivity index (χ4n) is 2.44. The maximum absolute atomic E-state index is 11.2. The molecular formula is C13H15N3O. The van der Waals surface area contributed by atoms with Crippen LogP contribution in [0.5, 0.6) is 0 Å². The Morgan fingerprint density at radius 2 is 2.18 bits per heavy atom. The summed E-state index contributed by atoms with van der Waals surface area (Å²) in [4.78, 5) is 17.7. The van der Waals surface area contributed by atoms with Crippen LogP contribution < -0.4 is 5.32 Å². The van der Waals surface area contributed by atoms with Gasteiger partial charge in [-0.1, -0.05) is 30.3 Å².